The highest BCUT2D eigenvalue weighted by Crippen LogP contribution is 2.06. The number of aryl methyl sites for hydroxylation is 1. The number of carbonyl (C=O) groups is 2. The number of ether oxygens (including phenoxy) is 1. The fourth-order valence-electron chi connectivity index (χ4n) is 2.26. The van der Waals surface area contributed by atoms with Gasteiger partial charge in [0.1, 0.15) is 0 Å². The summed E-state index contributed by atoms with van der Waals surface area (Å²) in [4.78, 5) is 22.6. The highest BCUT2D eigenvalue weighted by molar-refractivity contribution is 5.75. The first-order valence-electron chi connectivity index (χ1n) is 8.10. The summed E-state index contributed by atoms with van der Waals surface area (Å²) in [5, 5.41) is 2.96. The van der Waals surface area contributed by atoms with Crippen molar-refractivity contribution in [3.63, 3.8) is 0 Å². The van der Waals surface area contributed by atoms with Crippen LogP contribution in [0.25, 0.3) is 0 Å². The molecule has 122 valence electrons. The van der Waals surface area contributed by atoms with Gasteiger partial charge in [-0.1, -0.05) is 43.2 Å². The standard InChI is InChI=1S/C18H27NO3/c1-22-18(21)14-8-3-2-7-13-17(20)19-15-9-12-16-10-5-4-6-11-16/h4-6,10-11H,2-3,7-9,12-15H2,1H3,(H,19,20). The first kappa shape index (κ1) is 18.2. The number of hydrogen-bond donors (Lipinski definition) is 1. The topological polar surface area (TPSA) is 55.4 Å². The van der Waals surface area contributed by atoms with Crippen molar-refractivity contribution < 1.29 is 14.3 Å². The Balaban J connectivity index is 1.92. The third kappa shape index (κ3) is 9.16. The van der Waals surface area contributed by atoms with Crippen molar-refractivity contribution in [2.75, 3.05) is 13.7 Å². The van der Waals surface area contributed by atoms with E-state index in [4.69, 9.17) is 0 Å². The maximum absolute atomic E-state index is 11.7. The van der Waals surface area contributed by atoms with Crippen LogP contribution in [0.15, 0.2) is 30.3 Å². The Kier molecular flexibility index (Phi) is 9.75. The van der Waals surface area contributed by atoms with E-state index in [-0.39, 0.29) is 11.9 Å². The molecule has 0 heterocycles. The number of methoxy groups -OCH3 is 1. The number of nitrogens with one attached hydrogen (secondary N) is 1. The molecule has 0 atom stereocenters. The van der Waals surface area contributed by atoms with Gasteiger partial charge in [0.05, 0.1) is 7.11 Å². The maximum atomic E-state index is 11.7. The molecule has 1 amide bonds. The van der Waals surface area contributed by atoms with Crippen LogP contribution in [-0.4, -0.2) is 25.5 Å². The average Bonchev–Trinajstić information content (AvgIpc) is 2.55. The summed E-state index contributed by atoms with van der Waals surface area (Å²) < 4.78 is 4.58. The second kappa shape index (κ2) is 11.8. The molecule has 22 heavy (non-hydrogen) atoms. The van der Waals surface area contributed by atoms with Crippen LogP contribution in [0.1, 0.15) is 50.5 Å². The Morgan fingerprint density at radius 3 is 2.32 bits per heavy atom. The van der Waals surface area contributed by atoms with Crippen molar-refractivity contribution >= 4 is 11.9 Å². The highest BCUT2D eigenvalue weighted by atomic mass is 16.5. The molecule has 0 aromatic heterocycles. The van der Waals surface area contributed by atoms with Gasteiger partial charge in [0.2, 0.25) is 5.91 Å². The van der Waals surface area contributed by atoms with E-state index in [2.05, 4.69) is 22.2 Å². The first-order chi connectivity index (χ1) is 10.7. The lowest BCUT2D eigenvalue weighted by Gasteiger charge is -2.05. The van der Waals surface area contributed by atoms with E-state index in [1.165, 1.54) is 12.7 Å². The molecule has 0 radical (unpaired) electrons. The normalized spacial score (nSPS) is 10.2. The minimum Gasteiger partial charge on any atom is -0.469 e. The molecule has 1 N–H and O–H groups in total. The molecule has 0 bridgehead atoms. The van der Waals surface area contributed by atoms with E-state index in [9.17, 15) is 9.59 Å². The van der Waals surface area contributed by atoms with Crippen molar-refractivity contribution in [3.05, 3.63) is 35.9 Å². The maximum Gasteiger partial charge on any atom is 0.305 e. The van der Waals surface area contributed by atoms with Gasteiger partial charge in [-0.25, -0.2) is 0 Å². The molecule has 1 aromatic carbocycles. The molecule has 4 heteroatoms. The van der Waals surface area contributed by atoms with Crippen LogP contribution >= 0.6 is 0 Å². The van der Waals surface area contributed by atoms with Gasteiger partial charge in [-0.05, 0) is 31.2 Å². The van der Waals surface area contributed by atoms with Gasteiger partial charge in [-0.3, -0.25) is 9.59 Å². The third-order valence-corrected chi connectivity index (χ3v) is 3.57. The molecule has 1 aromatic rings. The summed E-state index contributed by atoms with van der Waals surface area (Å²) in [6.07, 6.45) is 6.68. The van der Waals surface area contributed by atoms with Crippen LogP contribution < -0.4 is 5.32 Å². The minimum absolute atomic E-state index is 0.126. The molecule has 0 spiro atoms. The van der Waals surface area contributed by atoms with Gasteiger partial charge < -0.3 is 10.1 Å². The minimum atomic E-state index is -0.156. The Bertz CT molecular complexity index is 431. The largest absolute Gasteiger partial charge is 0.469 e. The predicted molar refractivity (Wildman–Crippen MR) is 87.5 cm³/mol. The van der Waals surface area contributed by atoms with Crippen LogP contribution in [0.4, 0.5) is 0 Å². The van der Waals surface area contributed by atoms with Gasteiger partial charge in [0.25, 0.3) is 0 Å². The number of unbranched alkanes of at least 4 members (excludes halogenated alkanes) is 3. The van der Waals surface area contributed by atoms with Gasteiger partial charge in [-0.15, -0.1) is 0 Å². The first-order valence-corrected chi connectivity index (χ1v) is 8.10. The van der Waals surface area contributed by atoms with E-state index in [0.29, 0.717) is 12.8 Å². The second-order valence-electron chi connectivity index (χ2n) is 5.43. The zero-order chi connectivity index (χ0) is 16.0. The zero-order valence-corrected chi connectivity index (χ0v) is 13.5. The van der Waals surface area contributed by atoms with Crippen molar-refractivity contribution in [2.24, 2.45) is 0 Å². The van der Waals surface area contributed by atoms with E-state index in [1.807, 2.05) is 18.2 Å². The molecule has 0 saturated heterocycles. The fraction of sp³-hybridized carbons (Fsp3) is 0.556. The van der Waals surface area contributed by atoms with E-state index in [0.717, 1.165) is 45.1 Å². The molecule has 1 rings (SSSR count). The van der Waals surface area contributed by atoms with E-state index < -0.39 is 0 Å². The van der Waals surface area contributed by atoms with Crippen molar-refractivity contribution in [1.82, 2.24) is 5.32 Å². The summed E-state index contributed by atoms with van der Waals surface area (Å²) in [6, 6.07) is 10.3. The van der Waals surface area contributed by atoms with Gasteiger partial charge in [0.15, 0.2) is 0 Å². The molecule has 0 fully saturated rings. The van der Waals surface area contributed by atoms with Crippen LogP contribution in [0.5, 0.6) is 0 Å². The predicted octanol–water partition coefficient (Wildman–Crippen LogP) is 3.25. The average molecular weight is 305 g/mol. The lowest BCUT2D eigenvalue weighted by atomic mass is 10.1. The highest BCUT2D eigenvalue weighted by Gasteiger charge is 2.02. The number of rotatable bonds is 11. The Morgan fingerprint density at radius 1 is 0.955 bits per heavy atom. The molecule has 0 aliphatic heterocycles. The van der Waals surface area contributed by atoms with Gasteiger partial charge in [0, 0.05) is 19.4 Å². The van der Waals surface area contributed by atoms with Crippen LogP contribution in [-0.2, 0) is 20.7 Å². The van der Waals surface area contributed by atoms with Gasteiger partial charge in [-0.2, -0.15) is 0 Å². The van der Waals surface area contributed by atoms with Crippen LogP contribution in [0, 0.1) is 0 Å². The summed E-state index contributed by atoms with van der Waals surface area (Å²) in [5.41, 5.74) is 1.31. The van der Waals surface area contributed by atoms with Crippen LogP contribution in [0.2, 0.25) is 0 Å². The number of carbonyl (C=O) groups excluding carboxylic acids is 2. The van der Waals surface area contributed by atoms with E-state index in [1.54, 1.807) is 0 Å². The number of esters is 1. The summed E-state index contributed by atoms with van der Waals surface area (Å²) in [5.74, 6) is -0.0304. The summed E-state index contributed by atoms with van der Waals surface area (Å²) >= 11 is 0. The molecule has 0 saturated carbocycles. The lowest BCUT2D eigenvalue weighted by Crippen LogP contribution is -2.24. The molecule has 4 nitrogen and oxygen atoms in total. The van der Waals surface area contributed by atoms with Crippen molar-refractivity contribution in [2.45, 2.75) is 51.4 Å². The van der Waals surface area contributed by atoms with Crippen molar-refractivity contribution in [1.29, 1.82) is 0 Å². The smallest absolute Gasteiger partial charge is 0.305 e. The Hall–Kier alpha value is -1.84. The number of hydrogen-bond acceptors (Lipinski definition) is 3. The third-order valence-electron chi connectivity index (χ3n) is 3.57. The van der Waals surface area contributed by atoms with Gasteiger partial charge >= 0.3 is 5.97 Å². The molecule has 0 unspecified atom stereocenters. The zero-order valence-electron chi connectivity index (χ0n) is 13.5. The van der Waals surface area contributed by atoms with E-state index >= 15 is 0 Å². The molecular weight excluding hydrogens is 278 g/mol. The molecule has 0 aliphatic carbocycles. The monoisotopic (exact) mass is 305 g/mol. The number of amides is 1. The number of benzene rings is 1. The summed E-state index contributed by atoms with van der Waals surface area (Å²) in [6.45, 7) is 0.732. The Morgan fingerprint density at radius 2 is 1.64 bits per heavy atom. The molecule has 0 aliphatic rings. The second-order valence-corrected chi connectivity index (χ2v) is 5.43. The Labute approximate surface area is 133 Å². The van der Waals surface area contributed by atoms with Crippen molar-refractivity contribution in [3.8, 4) is 0 Å². The lowest BCUT2D eigenvalue weighted by molar-refractivity contribution is -0.140. The fourth-order valence-corrected chi connectivity index (χ4v) is 2.26. The molecular formula is C18H27NO3. The summed E-state index contributed by atoms with van der Waals surface area (Å²) in [7, 11) is 1.41. The quantitative estimate of drug-likeness (QED) is 0.504. The SMILES string of the molecule is COC(=O)CCCCCCC(=O)NCCCc1ccccc1. The van der Waals surface area contributed by atoms with Crippen LogP contribution in [0.3, 0.4) is 0 Å².